The third-order valence-corrected chi connectivity index (χ3v) is 2.85. The molecule has 2 rings (SSSR count). The van der Waals surface area contributed by atoms with E-state index in [1.165, 1.54) is 18.2 Å². The second kappa shape index (κ2) is 5.88. The van der Waals surface area contributed by atoms with Crippen LogP contribution in [-0.4, -0.2) is 16.4 Å². The predicted octanol–water partition coefficient (Wildman–Crippen LogP) is 4.21. The standard InChI is InChI=1S/C13H7Cl2F3N2O/c1-2-3-21-12-11(13(16,17)18)7-19-20(12)10-5-8(14)4-9(15)6-10/h1,4-7H,3H2. The maximum atomic E-state index is 12.9. The number of alkyl halides is 3. The summed E-state index contributed by atoms with van der Waals surface area (Å²) in [5, 5.41) is 4.18. The summed E-state index contributed by atoms with van der Waals surface area (Å²) in [6.45, 7) is -0.330. The van der Waals surface area contributed by atoms with Crippen LogP contribution in [-0.2, 0) is 6.18 Å². The number of benzene rings is 1. The van der Waals surface area contributed by atoms with Gasteiger partial charge in [0.1, 0.15) is 5.56 Å². The molecule has 0 aliphatic rings. The fourth-order valence-corrected chi connectivity index (χ4v) is 2.14. The van der Waals surface area contributed by atoms with E-state index in [9.17, 15) is 13.2 Å². The number of aromatic nitrogens is 2. The number of halogens is 5. The Morgan fingerprint density at radius 2 is 1.86 bits per heavy atom. The molecule has 0 spiro atoms. The molecule has 0 aliphatic carbocycles. The summed E-state index contributed by atoms with van der Waals surface area (Å²) < 4.78 is 44.7. The van der Waals surface area contributed by atoms with Gasteiger partial charge in [0.15, 0.2) is 6.61 Å². The number of hydrogen-bond donors (Lipinski definition) is 0. The van der Waals surface area contributed by atoms with Gasteiger partial charge in [-0.05, 0) is 18.2 Å². The molecule has 0 saturated carbocycles. The molecular weight excluding hydrogens is 328 g/mol. The Kier molecular flexibility index (Phi) is 4.35. The van der Waals surface area contributed by atoms with Crippen molar-refractivity contribution in [1.82, 2.24) is 9.78 Å². The van der Waals surface area contributed by atoms with Crippen molar-refractivity contribution in [3.63, 3.8) is 0 Å². The number of hydrogen-bond acceptors (Lipinski definition) is 2. The van der Waals surface area contributed by atoms with Crippen LogP contribution in [0.5, 0.6) is 5.88 Å². The minimum absolute atomic E-state index is 0.232. The first-order valence-electron chi connectivity index (χ1n) is 5.51. The first kappa shape index (κ1) is 15.5. The van der Waals surface area contributed by atoms with E-state index < -0.39 is 17.6 Å². The van der Waals surface area contributed by atoms with Gasteiger partial charge in [-0.2, -0.15) is 18.3 Å². The largest absolute Gasteiger partial charge is 0.464 e. The van der Waals surface area contributed by atoms with Crippen LogP contribution in [0.3, 0.4) is 0 Å². The minimum Gasteiger partial charge on any atom is -0.464 e. The molecule has 1 aromatic heterocycles. The molecule has 0 unspecified atom stereocenters. The van der Waals surface area contributed by atoms with Crippen LogP contribution in [0.25, 0.3) is 5.69 Å². The maximum absolute atomic E-state index is 12.9. The van der Waals surface area contributed by atoms with Crippen molar-refractivity contribution in [2.24, 2.45) is 0 Å². The highest BCUT2D eigenvalue weighted by molar-refractivity contribution is 6.34. The van der Waals surface area contributed by atoms with Crippen molar-refractivity contribution in [2.45, 2.75) is 6.18 Å². The van der Waals surface area contributed by atoms with Crippen molar-refractivity contribution in [1.29, 1.82) is 0 Å². The first-order valence-corrected chi connectivity index (χ1v) is 6.26. The molecule has 3 nitrogen and oxygen atoms in total. The van der Waals surface area contributed by atoms with Crippen molar-refractivity contribution in [2.75, 3.05) is 6.61 Å². The summed E-state index contributed by atoms with van der Waals surface area (Å²) in [6.07, 6.45) is 1.05. The molecule has 0 radical (unpaired) electrons. The Hall–Kier alpha value is -1.84. The van der Waals surface area contributed by atoms with Crippen LogP contribution in [0.2, 0.25) is 10.0 Å². The molecule has 0 saturated heterocycles. The Morgan fingerprint density at radius 3 is 2.38 bits per heavy atom. The molecular formula is C13H7Cl2F3N2O. The topological polar surface area (TPSA) is 27.1 Å². The molecule has 2 aromatic rings. The van der Waals surface area contributed by atoms with E-state index in [1.807, 2.05) is 0 Å². The lowest BCUT2D eigenvalue weighted by Crippen LogP contribution is -2.10. The summed E-state index contributed by atoms with van der Waals surface area (Å²) in [7, 11) is 0. The third kappa shape index (κ3) is 3.43. The summed E-state index contributed by atoms with van der Waals surface area (Å²) >= 11 is 11.7. The van der Waals surface area contributed by atoms with Crippen LogP contribution >= 0.6 is 23.2 Å². The van der Waals surface area contributed by atoms with E-state index >= 15 is 0 Å². The molecule has 0 bridgehead atoms. The van der Waals surface area contributed by atoms with Gasteiger partial charge in [0.2, 0.25) is 5.88 Å². The van der Waals surface area contributed by atoms with Gasteiger partial charge < -0.3 is 4.74 Å². The summed E-state index contributed by atoms with van der Waals surface area (Å²) in [6, 6.07) is 4.26. The van der Waals surface area contributed by atoms with Gasteiger partial charge in [0.05, 0.1) is 11.9 Å². The van der Waals surface area contributed by atoms with E-state index in [-0.39, 0.29) is 22.3 Å². The predicted molar refractivity (Wildman–Crippen MR) is 72.9 cm³/mol. The zero-order chi connectivity index (χ0) is 15.6. The highest BCUT2D eigenvalue weighted by atomic mass is 35.5. The lowest BCUT2D eigenvalue weighted by Gasteiger charge is -2.11. The third-order valence-electron chi connectivity index (χ3n) is 2.41. The van der Waals surface area contributed by atoms with Gasteiger partial charge in [0.25, 0.3) is 0 Å². The number of terminal acetylenes is 1. The van der Waals surface area contributed by atoms with E-state index in [4.69, 9.17) is 34.4 Å². The van der Waals surface area contributed by atoms with Gasteiger partial charge in [-0.25, -0.2) is 4.68 Å². The highest BCUT2D eigenvalue weighted by Gasteiger charge is 2.38. The normalized spacial score (nSPS) is 11.2. The maximum Gasteiger partial charge on any atom is 0.423 e. The van der Waals surface area contributed by atoms with Crippen molar-refractivity contribution < 1.29 is 17.9 Å². The first-order chi connectivity index (χ1) is 9.82. The Morgan fingerprint density at radius 1 is 1.24 bits per heavy atom. The van der Waals surface area contributed by atoms with Gasteiger partial charge >= 0.3 is 6.18 Å². The van der Waals surface area contributed by atoms with Gasteiger partial charge in [-0.15, -0.1) is 6.42 Å². The SMILES string of the molecule is C#CCOc1c(C(F)(F)F)cnn1-c1cc(Cl)cc(Cl)c1. The molecule has 21 heavy (non-hydrogen) atoms. The molecule has 0 N–H and O–H groups in total. The average Bonchev–Trinajstić information content (AvgIpc) is 2.78. The monoisotopic (exact) mass is 334 g/mol. The Balaban J connectivity index is 2.58. The Labute approximate surface area is 128 Å². The quantitative estimate of drug-likeness (QED) is 0.786. The summed E-state index contributed by atoms with van der Waals surface area (Å²) in [5.41, 5.74) is -0.802. The summed E-state index contributed by atoms with van der Waals surface area (Å²) in [5.74, 6) is 1.59. The minimum atomic E-state index is -4.62. The molecule has 0 aliphatic heterocycles. The van der Waals surface area contributed by atoms with Crippen LogP contribution < -0.4 is 4.74 Å². The van der Waals surface area contributed by atoms with Gasteiger partial charge in [-0.1, -0.05) is 29.1 Å². The lowest BCUT2D eigenvalue weighted by molar-refractivity contribution is -0.138. The van der Waals surface area contributed by atoms with E-state index in [2.05, 4.69) is 11.0 Å². The average molecular weight is 335 g/mol. The van der Waals surface area contributed by atoms with Crippen LogP contribution in [0.15, 0.2) is 24.4 Å². The second-order valence-corrected chi connectivity index (χ2v) is 4.77. The Bertz CT molecular complexity index is 684. The van der Waals surface area contributed by atoms with Crippen molar-refractivity contribution in [3.05, 3.63) is 40.0 Å². The fraction of sp³-hybridized carbons (Fsp3) is 0.154. The molecule has 0 amide bonds. The van der Waals surface area contributed by atoms with Gasteiger partial charge in [0, 0.05) is 10.0 Å². The van der Waals surface area contributed by atoms with E-state index in [0.717, 1.165) is 4.68 Å². The zero-order valence-corrected chi connectivity index (χ0v) is 11.8. The van der Waals surface area contributed by atoms with Crippen molar-refractivity contribution in [3.8, 4) is 23.9 Å². The van der Waals surface area contributed by atoms with Crippen molar-refractivity contribution >= 4 is 23.2 Å². The number of rotatable bonds is 3. The van der Waals surface area contributed by atoms with Crippen LogP contribution in [0.1, 0.15) is 5.56 Å². The smallest absolute Gasteiger partial charge is 0.423 e. The molecule has 0 atom stereocenters. The van der Waals surface area contributed by atoms with Crippen LogP contribution in [0.4, 0.5) is 13.2 Å². The van der Waals surface area contributed by atoms with Gasteiger partial charge in [-0.3, -0.25) is 0 Å². The van der Waals surface area contributed by atoms with E-state index in [1.54, 1.807) is 0 Å². The number of nitrogens with zero attached hydrogens (tertiary/aromatic N) is 2. The second-order valence-electron chi connectivity index (χ2n) is 3.89. The molecule has 8 heteroatoms. The van der Waals surface area contributed by atoms with E-state index in [0.29, 0.717) is 6.20 Å². The highest BCUT2D eigenvalue weighted by Crippen LogP contribution is 2.37. The molecule has 110 valence electrons. The molecule has 0 fully saturated rings. The lowest BCUT2D eigenvalue weighted by atomic mass is 10.3. The zero-order valence-electron chi connectivity index (χ0n) is 10.3. The molecule has 1 aromatic carbocycles. The summed E-state index contributed by atoms with van der Waals surface area (Å²) in [4.78, 5) is 0. The van der Waals surface area contributed by atoms with Crippen LogP contribution in [0, 0.1) is 12.3 Å². The fourth-order valence-electron chi connectivity index (χ4n) is 1.63. The number of ether oxygens (including phenoxy) is 1. The molecule has 1 heterocycles.